The van der Waals surface area contributed by atoms with Crippen LogP contribution in [0.5, 0.6) is 5.75 Å². The molecule has 0 saturated carbocycles. The van der Waals surface area contributed by atoms with E-state index in [1.54, 1.807) is 31.4 Å². The maximum Gasteiger partial charge on any atom is 0.277 e. The highest BCUT2D eigenvalue weighted by Gasteiger charge is 2.13. The van der Waals surface area contributed by atoms with E-state index in [1.165, 1.54) is 0 Å². The smallest absolute Gasteiger partial charge is 0.277 e. The van der Waals surface area contributed by atoms with Crippen LogP contribution >= 0.6 is 0 Å². The predicted molar refractivity (Wildman–Crippen MR) is 71.1 cm³/mol. The van der Waals surface area contributed by atoms with Gasteiger partial charge in [-0.05, 0) is 29.8 Å². The van der Waals surface area contributed by atoms with Crippen molar-refractivity contribution in [2.45, 2.75) is 6.54 Å². The Morgan fingerprint density at radius 1 is 1.11 bits per heavy atom. The average molecular weight is 257 g/mol. The number of methoxy groups -OCH3 is 1. The minimum atomic E-state index is -0.438. The number of amides is 1. The van der Waals surface area contributed by atoms with Crippen molar-refractivity contribution in [2.75, 3.05) is 7.11 Å². The van der Waals surface area contributed by atoms with Crippen LogP contribution in [-0.2, 0) is 6.54 Å². The molecule has 0 aromatic heterocycles. The first-order valence-electron chi connectivity index (χ1n) is 5.89. The molecule has 0 unspecified atom stereocenters. The maximum atomic E-state index is 12.0. The lowest BCUT2D eigenvalue weighted by molar-refractivity contribution is -0.0648. The number of rotatable bonds is 4. The van der Waals surface area contributed by atoms with Crippen LogP contribution in [0.2, 0.25) is 0 Å². The van der Waals surface area contributed by atoms with E-state index in [0.29, 0.717) is 16.4 Å². The zero-order valence-corrected chi connectivity index (χ0v) is 10.6. The summed E-state index contributed by atoms with van der Waals surface area (Å²) in [4.78, 5) is 12.0. The summed E-state index contributed by atoms with van der Waals surface area (Å²) in [5.41, 5.74) is 1.28. The lowest BCUT2D eigenvalue weighted by Gasteiger charge is -2.15. The number of carbonyl (C=O) groups excluding carboxylic acids is 1. The quantitative estimate of drug-likeness (QED) is 0.676. The summed E-state index contributed by atoms with van der Waals surface area (Å²) in [7, 11) is 1.56. The fourth-order valence-corrected chi connectivity index (χ4v) is 1.71. The molecule has 1 amide bonds. The van der Waals surface area contributed by atoms with Gasteiger partial charge in [0.05, 0.1) is 13.7 Å². The summed E-state index contributed by atoms with van der Waals surface area (Å²) in [6.07, 6.45) is 0. The first-order valence-corrected chi connectivity index (χ1v) is 5.89. The number of hydroxylamine groups is 2. The number of hydrogen-bond acceptors (Lipinski definition) is 3. The molecule has 19 heavy (non-hydrogen) atoms. The van der Waals surface area contributed by atoms with Gasteiger partial charge < -0.3 is 4.74 Å². The molecule has 0 spiro atoms. The Morgan fingerprint density at radius 2 is 1.74 bits per heavy atom. The van der Waals surface area contributed by atoms with Gasteiger partial charge in [-0.1, -0.05) is 30.3 Å². The van der Waals surface area contributed by atoms with Gasteiger partial charge in [-0.2, -0.15) is 0 Å². The lowest BCUT2D eigenvalue weighted by atomic mass is 10.2. The minimum absolute atomic E-state index is 0.158. The number of ether oxygens (including phenoxy) is 1. The number of benzene rings is 2. The van der Waals surface area contributed by atoms with Crippen molar-refractivity contribution in [3.63, 3.8) is 0 Å². The van der Waals surface area contributed by atoms with Crippen molar-refractivity contribution < 1.29 is 14.7 Å². The zero-order chi connectivity index (χ0) is 13.7. The van der Waals surface area contributed by atoms with Gasteiger partial charge in [-0.3, -0.25) is 10.0 Å². The SMILES string of the molecule is COc1ccc(C(=O)N(O)Cc2ccccc2)cc1. The van der Waals surface area contributed by atoms with Crippen molar-refractivity contribution >= 4 is 5.91 Å². The van der Waals surface area contributed by atoms with Crippen LogP contribution in [0.25, 0.3) is 0 Å². The van der Waals surface area contributed by atoms with Crippen molar-refractivity contribution in [1.29, 1.82) is 0 Å². The molecule has 0 saturated heterocycles. The Labute approximate surface area is 111 Å². The number of hydrogen-bond donors (Lipinski definition) is 1. The number of nitrogens with zero attached hydrogens (tertiary/aromatic N) is 1. The molecule has 2 aromatic rings. The second-order valence-corrected chi connectivity index (χ2v) is 4.08. The van der Waals surface area contributed by atoms with E-state index in [-0.39, 0.29) is 6.54 Å². The van der Waals surface area contributed by atoms with Crippen LogP contribution in [-0.4, -0.2) is 23.3 Å². The second kappa shape index (κ2) is 6.02. The Balaban J connectivity index is 2.06. The van der Waals surface area contributed by atoms with Gasteiger partial charge in [-0.25, -0.2) is 5.06 Å². The van der Waals surface area contributed by atoms with E-state index in [1.807, 2.05) is 30.3 Å². The molecule has 4 heteroatoms. The molecule has 0 aliphatic heterocycles. The van der Waals surface area contributed by atoms with Gasteiger partial charge in [0.1, 0.15) is 5.75 Å². The van der Waals surface area contributed by atoms with Crippen molar-refractivity contribution in [3.05, 3.63) is 65.7 Å². The number of carbonyl (C=O) groups is 1. The van der Waals surface area contributed by atoms with Crippen molar-refractivity contribution in [2.24, 2.45) is 0 Å². The highest BCUT2D eigenvalue weighted by Crippen LogP contribution is 2.13. The topological polar surface area (TPSA) is 49.8 Å². The first-order chi connectivity index (χ1) is 9.20. The van der Waals surface area contributed by atoms with Crippen molar-refractivity contribution in [1.82, 2.24) is 5.06 Å². The van der Waals surface area contributed by atoms with Crippen molar-refractivity contribution in [3.8, 4) is 5.75 Å². The highest BCUT2D eigenvalue weighted by molar-refractivity contribution is 5.93. The molecular formula is C15H15NO3. The first kappa shape index (κ1) is 13.1. The van der Waals surface area contributed by atoms with E-state index >= 15 is 0 Å². The van der Waals surface area contributed by atoms with E-state index in [0.717, 1.165) is 5.56 Å². The summed E-state index contributed by atoms with van der Waals surface area (Å²) in [6.45, 7) is 0.158. The molecule has 2 rings (SSSR count). The molecule has 98 valence electrons. The third kappa shape index (κ3) is 3.33. The molecule has 2 aromatic carbocycles. The predicted octanol–water partition coefficient (Wildman–Crippen LogP) is 2.73. The minimum Gasteiger partial charge on any atom is -0.497 e. The third-order valence-electron chi connectivity index (χ3n) is 2.75. The molecule has 1 N–H and O–H groups in total. The summed E-state index contributed by atoms with van der Waals surface area (Å²) in [5.74, 6) is 0.232. The highest BCUT2D eigenvalue weighted by atomic mass is 16.5. The van der Waals surface area contributed by atoms with Crippen LogP contribution < -0.4 is 4.74 Å². The van der Waals surface area contributed by atoms with E-state index in [2.05, 4.69) is 0 Å². The van der Waals surface area contributed by atoms with Crippen LogP contribution in [0.4, 0.5) is 0 Å². The van der Waals surface area contributed by atoms with Gasteiger partial charge in [0, 0.05) is 5.56 Å². The molecule has 0 heterocycles. The molecule has 0 aliphatic carbocycles. The molecule has 0 atom stereocenters. The third-order valence-corrected chi connectivity index (χ3v) is 2.75. The van der Waals surface area contributed by atoms with Gasteiger partial charge in [-0.15, -0.1) is 0 Å². The summed E-state index contributed by atoms with van der Waals surface area (Å²) in [6, 6.07) is 15.9. The molecule has 0 aliphatic rings. The summed E-state index contributed by atoms with van der Waals surface area (Å²) in [5, 5.41) is 10.5. The van der Waals surface area contributed by atoms with E-state index < -0.39 is 5.91 Å². The van der Waals surface area contributed by atoms with Gasteiger partial charge in [0.15, 0.2) is 0 Å². The van der Waals surface area contributed by atoms with Crippen LogP contribution in [0.3, 0.4) is 0 Å². The van der Waals surface area contributed by atoms with Gasteiger partial charge in [0.25, 0.3) is 5.91 Å². The Hall–Kier alpha value is -2.33. The van der Waals surface area contributed by atoms with Crippen LogP contribution in [0, 0.1) is 0 Å². The van der Waals surface area contributed by atoms with Gasteiger partial charge in [0.2, 0.25) is 0 Å². The van der Waals surface area contributed by atoms with E-state index in [9.17, 15) is 10.0 Å². The zero-order valence-electron chi connectivity index (χ0n) is 10.6. The largest absolute Gasteiger partial charge is 0.497 e. The molecular weight excluding hydrogens is 242 g/mol. The average Bonchev–Trinajstić information content (AvgIpc) is 2.47. The Bertz CT molecular complexity index is 537. The van der Waals surface area contributed by atoms with Crippen LogP contribution in [0.1, 0.15) is 15.9 Å². The summed E-state index contributed by atoms with van der Waals surface area (Å²) < 4.78 is 5.02. The molecule has 0 fully saturated rings. The Morgan fingerprint density at radius 3 is 2.32 bits per heavy atom. The lowest BCUT2D eigenvalue weighted by Crippen LogP contribution is -2.26. The monoisotopic (exact) mass is 257 g/mol. The van der Waals surface area contributed by atoms with Gasteiger partial charge >= 0.3 is 0 Å². The Kier molecular flexibility index (Phi) is 4.15. The summed E-state index contributed by atoms with van der Waals surface area (Å²) >= 11 is 0. The standard InChI is InChI=1S/C15H15NO3/c1-19-14-9-7-13(8-10-14)15(17)16(18)11-12-5-3-2-4-6-12/h2-10,18H,11H2,1H3. The fraction of sp³-hybridized carbons (Fsp3) is 0.133. The molecule has 0 radical (unpaired) electrons. The maximum absolute atomic E-state index is 12.0. The normalized spacial score (nSPS) is 10.0. The second-order valence-electron chi connectivity index (χ2n) is 4.08. The molecule has 4 nitrogen and oxygen atoms in total. The van der Waals surface area contributed by atoms with E-state index in [4.69, 9.17) is 4.74 Å². The molecule has 0 bridgehead atoms. The fourth-order valence-electron chi connectivity index (χ4n) is 1.71. The van der Waals surface area contributed by atoms with Crippen LogP contribution in [0.15, 0.2) is 54.6 Å².